The monoisotopic (exact) mass is 116 g/mol. The molecule has 0 aromatic heterocycles. The molecule has 0 aliphatic heterocycles. The van der Waals surface area contributed by atoms with E-state index >= 15 is 0 Å². The average Bonchev–Trinajstić information content (AvgIpc) is 1.81. The van der Waals surface area contributed by atoms with Gasteiger partial charge < -0.3 is 0 Å². The standard InChI is InChI=1S/C6H12O2/c1-2-3-4-5-6-8-7/h4-5,7H,2-3,6H2,1H3. The zero-order valence-electron chi connectivity index (χ0n) is 5.13. The Labute approximate surface area is 49.7 Å². The zero-order chi connectivity index (χ0) is 6.24. The van der Waals surface area contributed by atoms with Gasteiger partial charge in [0.25, 0.3) is 0 Å². The summed E-state index contributed by atoms with van der Waals surface area (Å²) in [4.78, 5) is 3.80. The van der Waals surface area contributed by atoms with Crippen molar-refractivity contribution in [2.24, 2.45) is 0 Å². The predicted octanol–water partition coefficient (Wildman–Crippen LogP) is 1.83. The molecule has 0 heterocycles. The first-order chi connectivity index (χ1) is 3.91. The summed E-state index contributed by atoms with van der Waals surface area (Å²) in [5.74, 6) is 0. The average molecular weight is 116 g/mol. The topological polar surface area (TPSA) is 29.5 Å². The minimum atomic E-state index is 0.306. The fourth-order valence-electron chi connectivity index (χ4n) is 0.396. The lowest BCUT2D eigenvalue weighted by Gasteiger charge is -1.84. The number of unbranched alkanes of at least 4 members (excludes halogenated alkanes) is 1. The van der Waals surface area contributed by atoms with Crippen molar-refractivity contribution in [3.63, 3.8) is 0 Å². The van der Waals surface area contributed by atoms with Crippen LogP contribution in [0.15, 0.2) is 12.2 Å². The quantitative estimate of drug-likeness (QED) is 0.345. The Morgan fingerprint density at radius 1 is 1.50 bits per heavy atom. The first-order valence-corrected chi connectivity index (χ1v) is 2.83. The summed E-state index contributed by atoms with van der Waals surface area (Å²) >= 11 is 0. The molecule has 48 valence electrons. The molecule has 0 amide bonds. The van der Waals surface area contributed by atoms with Crippen LogP contribution >= 0.6 is 0 Å². The van der Waals surface area contributed by atoms with Gasteiger partial charge in [-0.05, 0) is 6.42 Å². The molecule has 1 N–H and O–H groups in total. The van der Waals surface area contributed by atoms with E-state index in [2.05, 4.69) is 11.8 Å². The minimum absolute atomic E-state index is 0.306. The van der Waals surface area contributed by atoms with Crippen molar-refractivity contribution in [2.45, 2.75) is 19.8 Å². The van der Waals surface area contributed by atoms with Gasteiger partial charge in [0.05, 0.1) is 0 Å². The molecule has 2 heteroatoms. The molecule has 0 spiro atoms. The lowest BCUT2D eigenvalue weighted by atomic mass is 10.3. The molecule has 0 radical (unpaired) electrons. The van der Waals surface area contributed by atoms with Crippen molar-refractivity contribution in [3.8, 4) is 0 Å². The van der Waals surface area contributed by atoms with E-state index in [1.807, 2.05) is 6.08 Å². The molecule has 0 unspecified atom stereocenters. The van der Waals surface area contributed by atoms with Gasteiger partial charge in [0.1, 0.15) is 6.61 Å². The van der Waals surface area contributed by atoms with E-state index in [4.69, 9.17) is 5.26 Å². The molecule has 0 saturated heterocycles. The predicted molar refractivity (Wildman–Crippen MR) is 32.6 cm³/mol. The van der Waals surface area contributed by atoms with Gasteiger partial charge in [0.2, 0.25) is 0 Å². The van der Waals surface area contributed by atoms with E-state index < -0.39 is 0 Å². The number of rotatable bonds is 4. The van der Waals surface area contributed by atoms with E-state index in [-0.39, 0.29) is 0 Å². The summed E-state index contributed by atoms with van der Waals surface area (Å²) in [5.41, 5.74) is 0. The number of hydrogen-bond donors (Lipinski definition) is 1. The fourth-order valence-corrected chi connectivity index (χ4v) is 0.396. The Kier molecular flexibility index (Phi) is 6.38. The lowest BCUT2D eigenvalue weighted by molar-refractivity contribution is -0.231. The van der Waals surface area contributed by atoms with Gasteiger partial charge in [-0.25, -0.2) is 4.89 Å². The molecule has 0 aromatic rings. The second-order valence-corrected chi connectivity index (χ2v) is 1.56. The molecule has 0 aliphatic rings. The van der Waals surface area contributed by atoms with Gasteiger partial charge in [0.15, 0.2) is 0 Å². The van der Waals surface area contributed by atoms with E-state index in [0.717, 1.165) is 12.8 Å². The maximum Gasteiger partial charge on any atom is 0.100 e. The highest BCUT2D eigenvalue weighted by Gasteiger charge is 1.72. The van der Waals surface area contributed by atoms with Gasteiger partial charge in [0, 0.05) is 0 Å². The summed E-state index contributed by atoms with van der Waals surface area (Å²) in [6, 6.07) is 0. The van der Waals surface area contributed by atoms with Gasteiger partial charge in [-0.3, -0.25) is 5.26 Å². The number of allylic oxidation sites excluding steroid dienone is 1. The molecule has 0 bridgehead atoms. The van der Waals surface area contributed by atoms with E-state index in [0.29, 0.717) is 6.61 Å². The highest BCUT2D eigenvalue weighted by molar-refractivity contribution is 4.79. The van der Waals surface area contributed by atoms with Crippen molar-refractivity contribution < 1.29 is 10.1 Å². The third kappa shape index (κ3) is 5.66. The fraction of sp³-hybridized carbons (Fsp3) is 0.667. The van der Waals surface area contributed by atoms with Crippen LogP contribution in [0.25, 0.3) is 0 Å². The van der Waals surface area contributed by atoms with Crippen molar-refractivity contribution in [3.05, 3.63) is 12.2 Å². The van der Waals surface area contributed by atoms with Gasteiger partial charge in [-0.15, -0.1) is 0 Å². The molecular weight excluding hydrogens is 104 g/mol. The van der Waals surface area contributed by atoms with Crippen LogP contribution < -0.4 is 0 Å². The molecule has 0 aromatic carbocycles. The Balaban J connectivity index is 2.83. The molecule has 8 heavy (non-hydrogen) atoms. The van der Waals surface area contributed by atoms with Gasteiger partial charge >= 0.3 is 0 Å². The Morgan fingerprint density at radius 2 is 2.25 bits per heavy atom. The molecule has 0 atom stereocenters. The van der Waals surface area contributed by atoms with Crippen molar-refractivity contribution in [1.29, 1.82) is 0 Å². The highest BCUT2D eigenvalue weighted by atomic mass is 17.1. The summed E-state index contributed by atoms with van der Waals surface area (Å²) in [6.07, 6.45) is 5.98. The first-order valence-electron chi connectivity index (χ1n) is 2.83. The molecule has 0 aliphatic carbocycles. The molecular formula is C6H12O2. The van der Waals surface area contributed by atoms with E-state index in [1.54, 1.807) is 6.08 Å². The third-order valence-corrected chi connectivity index (χ3v) is 0.793. The Bertz CT molecular complexity index is 51.5. The van der Waals surface area contributed by atoms with Crippen LogP contribution in [0, 0.1) is 0 Å². The third-order valence-electron chi connectivity index (χ3n) is 0.793. The SMILES string of the molecule is CCCC=CCOO. The van der Waals surface area contributed by atoms with Crippen LogP contribution in [0.1, 0.15) is 19.8 Å². The molecule has 0 rings (SSSR count). The normalized spacial score (nSPS) is 10.8. The molecule has 0 fully saturated rings. The summed E-state index contributed by atoms with van der Waals surface area (Å²) in [7, 11) is 0. The lowest BCUT2D eigenvalue weighted by Crippen LogP contribution is -1.80. The zero-order valence-corrected chi connectivity index (χ0v) is 5.13. The van der Waals surface area contributed by atoms with Crippen molar-refractivity contribution in [1.82, 2.24) is 0 Å². The van der Waals surface area contributed by atoms with E-state index in [1.165, 1.54) is 0 Å². The maximum absolute atomic E-state index is 7.81. The Hall–Kier alpha value is -0.340. The van der Waals surface area contributed by atoms with Crippen LogP contribution in [0.3, 0.4) is 0 Å². The summed E-state index contributed by atoms with van der Waals surface area (Å²) in [5, 5.41) is 7.81. The van der Waals surface area contributed by atoms with Crippen LogP contribution in [0.2, 0.25) is 0 Å². The van der Waals surface area contributed by atoms with E-state index in [9.17, 15) is 0 Å². The second-order valence-electron chi connectivity index (χ2n) is 1.56. The van der Waals surface area contributed by atoms with Crippen LogP contribution in [-0.2, 0) is 4.89 Å². The Morgan fingerprint density at radius 3 is 2.75 bits per heavy atom. The number of hydrogen-bond acceptors (Lipinski definition) is 2. The molecule has 2 nitrogen and oxygen atoms in total. The van der Waals surface area contributed by atoms with Crippen LogP contribution in [-0.4, -0.2) is 11.9 Å². The van der Waals surface area contributed by atoms with Gasteiger partial charge in [-0.2, -0.15) is 0 Å². The largest absolute Gasteiger partial charge is 0.252 e. The highest BCUT2D eigenvalue weighted by Crippen LogP contribution is 1.86. The van der Waals surface area contributed by atoms with Crippen molar-refractivity contribution >= 4 is 0 Å². The summed E-state index contributed by atoms with van der Waals surface area (Å²) in [6.45, 7) is 2.41. The van der Waals surface area contributed by atoms with Crippen molar-refractivity contribution in [2.75, 3.05) is 6.61 Å². The summed E-state index contributed by atoms with van der Waals surface area (Å²) < 4.78 is 0. The smallest absolute Gasteiger partial charge is 0.100 e. The van der Waals surface area contributed by atoms with Gasteiger partial charge in [-0.1, -0.05) is 25.5 Å². The minimum Gasteiger partial charge on any atom is -0.252 e. The molecule has 0 saturated carbocycles. The van der Waals surface area contributed by atoms with Crippen LogP contribution in [0.4, 0.5) is 0 Å². The second kappa shape index (κ2) is 6.66. The maximum atomic E-state index is 7.81. The first kappa shape index (κ1) is 7.66. The van der Waals surface area contributed by atoms with Crippen LogP contribution in [0.5, 0.6) is 0 Å².